The number of hydrogen-bond acceptors (Lipinski definition) is 3. The Morgan fingerprint density at radius 2 is 2.00 bits per heavy atom. The number of aliphatic hydroxyl groups is 1. The number of nitrogens with one attached hydrogen (secondary N) is 1. The molecule has 0 bridgehead atoms. The Morgan fingerprint density at radius 3 is 2.47 bits per heavy atom. The van der Waals surface area contributed by atoms with Gasteiger partial charge in [-0.3, -0.25) is 0 Å². The van der Waals surface area contributed by atoms with Gasteiger partial charge in [0.25, 0.3) is 0 Å². The minimum atomic E-state index is 0.206. The van der Waals surface area contributed by atoms with E-state index in [1.165, 1.54) is 9.75 Å². The second-order valence-corrected chi connectivity index (χ2v) is 5.39. The number of aliphatic hydroxyl groups excluding tert-OH is 1. The van der Waals surface area contributed by atoms with Gasteiger partial charge in [0.2, 0.25) is 0 Å². The first-order valence-electron chi connectivity index (χ1n) is 5.59. The second kappa shape index (κ2) is 6.26. The maximum atomic E-state index is 9.17. The van der Waals surface area contributed by atoms with Crippen LogP contribution in [0.3, 0.4) is 0 Å². The van der Waals surface area contributed by atoms with Crippen LogP contribution in [0.1, 0.15) is 30.5 Å². The Morgan fingerprint density at radius 1 is 1.33 bits per heavy atom. The van der Waals surface area contributed by atoms with Crippen LogP contribution in [0.25, 0.3) is 0 Å². The van der Waals surface area contributed by atoms with Gasteiger partial charge in [0.1, 0.15) is 0 Å². The van der Waals surface area contributed by atoms with Crippen molar-refractivity contribution in [3.63, 3.8) is 0 Å². The van der Waals surface area contributed by atoms with Gasteiger partial charge >= 0.3 is 0 Å². The van der Waals surface area contributed by atoms with E-state index in [1.807, 2.05) is 11.3 Å². The molecule has 1 rings (SSSR count). The molecule has 1 aromatic rings. The van der Waals surface area contributed by atoms with Crippen LogP contribution in [0.15, 0.2) is 12.1 Å². The molecule has 15 heavy (non-hydrogen) atoms. The lowest BCUT2D eigenvalue weighted by molar-refractivity contribution is 0.210. The zero-order valence-corrected chi connectivity index (χ0v) is 10.6. The van der Waals surface area contributed by atoms with Crippen LogP contribution < -0.4 is 5.32 Å². The molecule has 86 valence electrons. The summed E-state index contributed by atoms with van der Waals surface area (Å²) in [5.41, 5.74) is 0. The summed E-state index contributed by atoms with van der Waals surface area (Å²) in [7, 11) is 0. The quantitative estimate of drug-likeness (QED) is 0.782. The molecular formula is C12H21NOS. The summed E-state index contributed by atoms with van der Waals surface area (Å²) < 4.78 is 0. The van der Waals surface area contributed by atoms with E-state index < -0.39 is 0 Å². The first kappa shape index (κ1) is 12.7. The molecule has 0 aromatic carbocycles. The van der Waals surface area contributed by atoms with Crippen molar-refractivity contribution in [2.45, 2.75) is 39.8 Å². The van der Waals surface area contributed by atoms with Crippen LogP contribution in [-0.4, -0.2) is 17.8 Å². The topological polar surface area (TPSA) is 32.3 Å². The smallest absolute Gasteiger partial charge is 0.0587 e. The molecule has 3 heteroatoms. The second-order valence-electron chi connectivity index (χ2n) is 4.14. The van der Waals surface area contributed by atoms with Gasteiger partial charge in [-0.2, -0.15) is 0 Å². The lowest BCUT2D eigenvalue weighted by Crippen LogP contribution is -2.36. The Bertz CT molecular complexity index is 283. The Balaban J connectivity index is 2.41. The van der Waals surface area contributed by atoms with Gasteiger partial charge in [0.15, 0.2) is 0 Å². The van der Waals surface area contributed by atoms with Crippen LogP contribution in [0, 0.1) is 5.92 Å². The third-order valence-corrected chi connectivity index (χ3v) is 3.84. The third-order valence-electron chi connectivity index (χ3n) is 2.61. The predicted molar refractivity (Wildman–Crippen MR) is 66.2 cm³/mol. The summed E-state index contributed by atoms with van der Waals surface area (Å²) in [6.45, 7) is 7.50. The number of thiophene rings is 1. The normalized spacial score (nSPS) is 13.4. The van der Waals surface area contributed by atoms with Crippen molar-refractivity contribution in [2.24, 2.45) is 5.92 Å². The molecule has 0 saturated carbocycles. The predicted octanol–water partition coefficient (Wildman–Crippen LogP) is 2.42. The molecule has 0 aliphatic carbocycles. The lowest BCUT2D eigenvalue weighted by atomic mass is 10.1. The highest BCUT2D eigenvalue weighted by Gasteiger charge is 2.11. The van der Waals surface area contributed by atoms with E-state index in [2.05, 4.69) is 38.2 Å². The molecule has 0 radical (unpaired) electrons. The summed E-state index contributed by atoms with van der Waals surface area (Å²) in [5.74, 6) is 0.473. The summed E-state index contributed by atoms with van der Waals surface area (Å²) in [6.07, 6.45) is 1.11. The van der Waals surface area contributed by atoms with E-state index >= 15 is 0 Å². The SMILES string of the molecule is CCc1ccc(CNC(CO)C(C)C)s1. The molecule has 0 fully saturated rings. The average molecular weight is 227 g/mol. The molecule has 0 aliphatic rings. The lowest BCUT2D eigenvalue weighted by Gasteiger charge is -2.19. The fourth-order valence-corrected chi connectivity index (χ4v) is 2.36. The zero-order valence-electron chi connectivity index (χ0n) is 9.79. The van der Waals surface area contributed by atoms with Crippen molar-refractivity contribution in [1.82, 2.24) is 5.32 Å². The number of rotatable bonds is 6. The zero-order chi connectivity index (χ0) is 11.3. The van der Waals surface area contributed by atoms with Gasteiger partial charge in [-0.1, -0.05) is 20.8 Å². The minimum Gasteiger partial charge on any atom is -0.395 e. The summed E-state index contributed by atoms with van der Waals surface area (Å²) in [5, 5.41) is 12.5. The molecule has 0 saturated heterocycles. The summed E-state index contributed by atoms with van der Waals surface area (Å²) >= 11 is 1.85. The van der Waals surface area contributed by atoms with Gasteiger partial charge in [0.05, 0.1) is 6.61 Å². The maximum absolute atomic E-state index is 9.17. The number of aryl methyl sites for hydroxylation is 1. The molecule has 0 aliphatic heterocycles. The van der Waals surface area contributed by atoms with E-state index in [9.17, 15) is 0 Å². The van der Waals surface area contributed by atoms with Gasteiger partial charge in [-0.25, -0.2) is 0 Å². The van der Waals surface area contributed by atoms with Gasteiger partial charge in [0, 0.05) is 22.3 Å². The Kier molecular flexibility index (Phi) is 5.29. The number of hydrogen-bond donors (Lipinski definition) is 2. The van der Waals surface area contributed by atoms with Crippen molar-refractivity contribution in [3.8, 4) is 0 Å². The fourth-order valence-electron chi connectivity index (χ4n) is 1.45. The third kappa shape index (κ3) is 3.93. The molecule has 1 aromatic heterocycles. The molecule has 1 heterocycles. The van der Waals surface area contributed by atoms with E-state index in [0.717, 1.165) is 13.0 Å². The fraction of sp³-hybridized carbons (Fsp3) is 0.667. The summed E-state index contributed by atoms with van der Waals surface area (Å²) in [4.78, 5) is 2.78. The molecule has 2 nitrogen and oxygen atoms in total. The van der Waals surface area contributed by atoms with Gasteiger partial charge in [-0.15, -0.1) is 11.3 Å². The van der Waals surface area contributed by atoms with Crippen molar-refractivity contribution in [1.29, 1.82) is 0 Å². The Labute approximate surface area is 96.3 Å². The largest absolute Gasteiger partial charge is 0.395 e. The Hall–Kier alpha value is -0.380. The van der Waals surface area contributed by atoms with Crippen molar-refractivity contribution < 1.29 is 5.11 Å². The average Bonchev–Trinajstić information content (AvgIpc) is 2.66. The summed E-state index contributed by atoms with van der Waals surface area (Å²) in [6, 6.07) is 4.56. The van der Waals surface area contributed by atoms with Crippen LogP contribution in [0.2, 0.25) is 0 Å². The standard InChI is InChI=1S/C12H21NOS/c1-4-10-5-6-11(15-10)7-13-12(8-14)9(2)3/h5-6,9,12-14H,4,7-8H2,1-3H3. The molecular weight excluding hydrogens is 206 g/mol. The highest BCUT2D eigenvalue weighted by Crippen LogP contribution is 2.17. The minimum absolute atomic E-state index is 0.206. The molecule has 1 unspecified atom stereocenters. The van der Waals surface area contributed by atoms with Crippen molar-refractivity contribution >= 4 is 11.3 Å². The first-order chi connectivity index (χ1) is 7.17. The maximum Gasteiger partial charge on any atom is 0.0587 e. The van der Waals surface area contributed by atoms with Gasteiger partial charge in [-0.05, 0) is 24.5 Å². The molecule has 0 spiro atoms. The molecule has 1 atom stereocenters. The van der Waals surface area contributed by atoms with Crippen LogP contribution in [-0.2, 0) is 13.0 Å². The monoisotopic (exact) mass is 227 g/mol. The first-order valence-corrected chi connectivity index (χ1v) is 6.40. The molecule has 2 N–H and O–H groups in total. The highest BCUT2D eigenvalue weighted by atomic mass is 32.1. The van der Waals surface area contributed by atoms with Crippen LogP contribution in [0.4, 0.5) is 0 Å². The van der Waals surface area contributed by atoms with Crippen LogP contribution >= 0.6 is 11.3 Å². The van der Waals surface area contributed by atoms with Crippen molar-refractivity contribution in [3.05, 3.63) is 21.9 Å². The van der Waals surface area contributed by atoms with E-state index in [-0.39, 0.29) is 12.6 Å². The highest BCUT2D eigenvalue weighted by molar-refractivity contribution is 7.11. The van der Waals surface area contributed by atoms with Gasteiger partial charge < -0.3 is 10.4 Å². The van der Waals surface area contributed by atoms with E-state index in [1.54, 1.807) is 0 Å². The van der Waals surface area contributed by atoms with Crippen LogP contribution in [0.5, 0.6) is 0 Å². The molecule has 0 amide bonds. The van der Waals surface area contributed by atoms with E-state index in [4.69, 9.17) is 5.11 Å². The van der Waals surface area contributed by atoms with E-state index in [0.29, 0.717) is 5.92 Å². The van der Waals surface area contributed by atoms with Crippen molar-refractivity contribution in [2.75, 3.05) is 6.61 Å².